The summed E-state index contributed by atoms with van der Waals surface area (Å²) in [5, 5.41) is 0. The average Bonchev–Trinajstić information content (AvgIpc) is 3.10. The highest BCUT2D eigenvalue weighted by atomic mass is 32.2. The quantitative estimate of drug-likeness (QED) is 0.737. The van der Waals surface area contributed by atoms with Crippen LogP contribution in [0.5, 0.6) is 0 Å². The Labute approximate surface area is 127 Å². The first-order valence-electron chi connectivity index (χ1n) is 7.21. The molecule has 9 heteroatoms. The van der Waals surface area contributed by atoms with Crippen LogP contribution in [0.1, 0.15) is 32.1 Å². The molecule has 0 spiro atoms. The molecule has 0 unspecified atom stereocenters. The summed E-state index contributed by atoms with van der Waals surface area (Å²) in [6.07, 6.45) is 5.34. The molecule has 0 bridgehead atoms. The maximum Gasteiger partial charge on any atom is 0.281 e. The van der Waals surface area contributed by atoms with Crippen molar-refractivity contribution in [1.29, 1.82) is 0 Å². The topological polar surface area (TPSA) is 86.8 Å². The van der Waals surface area contributed by atoms with Crippen LogP contribution < -0.4 is 4.72 Å². The van der Waals surface area contributed by atoms with Gasteiger partial charge in [0.25, 0.3) is 10.2 Å². The second-order valence-corrected chi connectivity index (χ2v) is 10.4. The van der Waals surface area contributed by atoms with Crippen molar-refractivity contribution in [3.63, 3.8) is 0 Å². The van der Waals surface area contributed by atoms with Gasteiger partial charge in [0.05, 0.1) is 6.26 Å². The lowest BCUT2D eigenvalue weighted by atomic mass is 9.84. The van der Waals surface area contributed by atoms with Crippen LogP contribution in [0.3, 0.4) is 0 Å². The predicted octanol–water partition coefficient (Wildman–Crippen LogP) is -0.0233. The fourth-order valence-corrected chi connectivity index (χ4v) is 5.17. The summed E-state index contributed by atoms with van der Waals surface area (Å²) in [7, 11) is -3.69. The normalized spacial score (nSPS) is 24.4. The molecule has 1 heterocycles. The second kappa shape index (κ2) is 5.77. The predicted molar refractivity (Wildman–Crippen MR) is 81.5 cm³/mol. The molecule has 0 aromatic rings. The number of nitrogens with one attached hydrogen (secondary N) is 1. The maximum absolute atomic E-state index is 12.1. The van der Waals surface area contributed by atoms with Gasteiger partial charge in [0, 0.05) is 32.7 Å². The van der Waals surface area contributed by atoms with Gasteiger partial charge in [-0.25, -0.2) is 13.1 Å². The third kappa shape index (κ3) is 4.38. The van der Waals surface area contributed by atoms with E-state index >= 15 is 0 Å². The van der Waals surface area contributed by atoms with Gasteiger partial charge in [-0.05, 0) is 25.2 Å². The van der Waals surface area contributed by atoms with Gasteiger partial charge in [0.2, 0.25) is 10.0 Å². The lowest BCUT2D eigenvalue weighted by Gasteiger charge is -2.42. The third-order valence-electron chi connectivity index (χ3n) is 4.25. The number of nitrogens with zero attached hydrogens (tertiary/aromatic N) is 2. The van der Waals surface area contributed by atoms with Crippen molar-refractivity contribution in [2.24, 2.45) is 5.92 Å². The molecule has 1 aliphatic heterocycles. The van der Waals surface area contributed by atoms with E-state index in [0.717, 1.165) is 19.3 Å². The molecule has 1 saturated heterocycles. The summed E-state index contributed by atoms with van der Waals surface area (Å²) in [5.41, 5.74) is -0.479. The Morgan fingerprint density at radius 1 is 1.14 bits per heavy atom. The zero-order chi connectivity index (χ0) is 15.9. The van der Waals surface area contributed by atoms with Gasteiger partial charge in [0.15, 0.2) is 0 Å². The Bertz CT molecular complexity index is 574. The number of piperidine rings is 1. The maximum atomic E-state index is 12.1. The molecule has 0 atom stereocenters. The van der Waals surface area contributed by atoms with Crippen LogP contribution in [0, 0.1) is 5.92 Å². The molecule has 0 aromatic heterocycles. The summed E-state index contributed by atoms with van der Waals surface area (Å²) >= 11 is 0. The molecule has 2 fully saturated rings. The number of sulfonamides is 1. The zero-order valence-corrected chi connectivity index (χ0v) is 14.5. The molecular formula is C12H25N3O4S2. The van der Waals surface area contributed by atoms with E-state index in [9.17, 15) is 16.8 Å². The Kier molecular flexibility index (Phi) is 4.71. The number of hydrogen-bond acceptors (Lipinski definition) is 4. The lowest BCUT2D eigenvalue weighted by Crippen LogP contribution is -2.57. The van der Waals surface area contributed by atoms with E-state index in [1.165, 1.54) is 29.0 Å². The van der Waals surface area contributed by atoms with Crippen LogP contribution >= 0.6 is 0 Å². The van der Waals surface area contributed by atoms with Crippen LogP contribution in [0.15, 0.2) is 0 Å². The van der Waals surface area contributed by atoms with E-state index in [0.29, 0.717) is 31.8 Å². The fourth-order valence-electron chi connectivity index (χ4n) is 2.99. The van der Waals surface area contributed by atoms with Crippen molar-refractivity contribution in [1.82, 2.24) is 13.3 Å². The molecule has 7 nitrogen and oxygen atoms in total. The minimum Gasteiger partial charge on any atom is -0.213 e. The van der Waals surface area contributed by atoms with E-state index in [2.05, 4.69) is 4.72 Å². The Morgan fingerprint density at radius 2 is 1.67 bits per heavy atom. The van der Waals surface area contributed by atoms with Gasteiger partial charge in [-0.1, -0.05) is 12.8 Å². The van der Waals surface area contributed by atoms with Crippen LogP contribution in [0.4, 0.5) is 0 Å². The minimum atomic E-state index is -3.42. The highest BCUT2D eigenvalue weighted by molar-refractivity contribution is 7.88. The third-order valence-corrected chi connectivity index (χ3v) is 6.99. The lowest BCUT2D eigenvalue weighted by molar-refractivity contribution is 0.194. The van der Waals surface area contributed by atoms with E-state index in [-0.39, 0.29) is 0 Å². The molecule has 0 aromatic carbocycles. The van der Waals surface area contributed by atoms with Gasteiger partial charge in [-0.2, -0.15) is 17.0 Å². The SMILES string of the molecule is CN(C)S(=O)(=O)N1CCC(CC2CC2)(NS(C)(=O)=O)CC1. The van der Waals surface area contributed by atoms with E-state index in [4.69, 9.17) is 0 Å². The first-order chi connectivity index (χ1) is 9.54. The van der Waals surface area contributed by atoms with Gasteiger partial charge >= 0.3 is 0 Å². The highest BCUT2D eigenvalue weighted by Gasteiger charge is 2.43. The van der Waals surface area contributed by atoms with Crippen LogP contribution in [-0.4, -0.2) is 64.4 Å². The summed E-state index contributed by atoms with van der Waals surface area (Å²) in [6.45, 7) is 0.714. The highest BCUT2D eigenvalue weighted by Crippen LogP contribution is 2.41. The van der Waals surface area contributed by atoms with Crippen LogP contribution in [0.25, 0.3) is 0 Å². The molecular weight excluding hydrogens is 314 g/mol. The Morgan fingerprint density at radius 3 is 2.05 bits per heavy atom. The van der Waals surface area contributed by atoms with Crippen molar-refractivity contribution in [2.45, 2.75) is 37.6 Å². The standard InChI is InChI=1S/C12H25N3O4S2/c1-14(2)21(18,19)15-8-6-12(7-9-15,10-11-4-5-11)13-20(3,16)17/h11,13H,4-10H2,1-3H3. The van der Waals surface area contributed by atoms with Gasteiger partial charge < -0.3 is 0 Å². The Balaban J connectivity index is 2.09. The first kappa shape index (κ1) is 17.1. The molecule has 21 heavy (non-hydrogen) atoms. The smallest absolute Gasteiger partial charge is 0.213 e. The number of rotatable bonds is 6. The molecule has 2 aliphatic rings. The molecule has 1 aliphatic carbocycles. The minimum absolute atomic E-state index is 0.357. The van der Waals surface area contributed by atoms with Crippen molar-refractivity contribution in [3.8, 4) is 0 Å². The van der Waals surface area contributed by atoms with E-state index in [1.54, 1.807) is 0 Å². The zero-order valence-electron chi connectivity index (χ0n) is 12.9. The summed E-state index contributed by atoms with van der Waals surface area (Å²) in [6, 6.07) is 0. The van der Waals surface area contributed by atoms with Crippen molar-refractivity contribution < 1.29 is 16.8 Å². The molecule has 0 amide bonds. The molecule has 0 radical (unpaired) electrons. The van der Waals surface area contributed by atoms with Crippen molar-refractivity contribution in [2.75, 3.05) is 33.4 Å². The van der Waals surface area contributed by atoms with Crippen LogP contribution in [0.2, 0.25) is 0 Å². The molecule has 1 saturated carbocycles. The Hall–Kier alpha value is -0.220. The summed E-state index contributed by atoms with van der Waals surface area (Å²) in [4.78, 5) is 0. The van der Waals surface area contributed by atoms with Gasteiger partial charge in [-0.15, -0.1) is 0 Å². The van der Waals surface area contributed by atoms with Gasteiger partial charge in [0.1, 0.15) is 0 Å². The summed E-state index contributed by atoms with van der Waals surface area (Å²) in [5.74, 6) is 0.580. The second-order valence-electron chi connectivity index (χ2n) is 6.49. The molecule has 124 valence electrons. The molecule has 2 rings (SSSR count). The van der Waals surface area contributed by atoms with Crippen molar-refractivity contribution >= 4 is 20.2 Å². The largest absolute Gasteiger partial charge is 0.281 e. The van der Waals surface area contributed by atoms with Crippen LogP contribution in [-0.2, 0) is 20.2 Å². The van der Waals surface area contributed by atoms with Gasteiger partial charge in [-0.3, -0.25) is 0 Å². The first-order valence-corrected chi connectivity index (χ1v) is 10.5. The molecule has 1 N–H and O–H groups in total. The fraction of sp³-hybridized carbons (Fsp3) is 1.00. The number of hydrogen-bond donors (Lipinski definition) is 1. The summed E-state index contributed by atoms with van der Waals surface area (Å²) < 4.78 is 53.0. The van der Waals surface area contributed by atoms with E-state index in [1.807, 2.05) is 0 Å². The monoisotopic (exact) mass is 339 g/mol. The van der Waals surface area contributed by atoms with E-state index < -0.39 is 25.8 Å². The van der Waals surface area contributed by atoms with Crippen molar-refractivity contribution in [3.05, 3.63) is 0 Å². The average molecular weight is 339 g/mol.